The van der Waals surface area contributed by atoms with Gasteiger partial charge in [0.2, 0.25) is 5.91 Å². The van der Waals surface area contributed by atoms with Crippen molar-refractivity contribution in [3.8, 4) is 0 Å². The van der Waals surface area contributed by atoms with Crippen molar-refractivity contribution >= 4 is 17.7 Å². The van der Waals surface area contributed by atoms with E-state index >= 15 is 0 Å². The van der Waals surface area contributed by atoms with Crippen LogP contribution in [0.15, 0.2) is 16.5 Å². The van der Waals surface area contributed by atoms with Crippen LogP contribution in [0.3, 0.4) is 0 Å². The molecule has 0 N–H and O–H groups in total. The van der Waals surface area contributed by atoms with Crippen LogP contribution in [0, 0.1) is 5.92 Å². The van der Waals surface area contributed by atoms with E-state index in [0.717, 1.165) is 17.4 Å². The Balaban J connectivity index is 1.92. The first-order valence-electron chi connectivity index (χ1n) is 6.39. The van der Waals surface area contributed by atoms with E-state index in [0.29, 0.717) is 12.5 Å². The summed E-state index contributed by atoms with van der Waals surface area (Å²) < 4.78 is 5.81. The summed E-state index contributed by atoms with van der Waals surface area (Å²) >= 11 is 1.57. The van der Waals surface area contributed by atoms with Crippen molar-refractivity contribution in [2.75, 3.05) is 13.3 Å². The van der Waals surface area contributed by atoms with Crippen molar-refractivity contribution in [2.24, 2.45) is 5.92 Å². The number of hydrogen-bond donors (Lipinski definition) is 0. The molecule has 1 aromatic rings. The van der Waals surface area contributed by atoms with Gasteiger partial charge in [0.25, 0.3) is 0 Å². The fraction of sp³-hybridized carbons (Fsp3) is 0.643. The maximum atomic E-state index is 11.9. The van der Waals surface area contributed by atoms with E-state index in [-0.39, 0.29) is 11.2 Å². The van der Waals surface area contributed by atoms with Gasteiger partial charge in [-0.15, -0.1) is 0 Å². The fourth-order valence-corrected chi connectivity index (χ4v) is 2.50. The van der Waals surface area contributed by atoms with Crippen LogP contribution in [0.4, 0.5) is 0 Å². The molecule has 0 aliphatic heterocycles. The highest BCUT2D eigenvalue weighted by Crippen LogP contribution is 2.47. The van der Waals surface area contributed by atoms with Gasteiger partial charge in [0.1, 0.15) is 11.5 Å². The number of hydrogen-bond acceptors (Lipinski definition) is 3. The second-order valence-electron chi connectivity index (χ2n) is 5.20. The highest BCUT2D eigenvalue weighted by molar-refractivity contribution is 7.99. The highest BCUT2D eigenvalue weighted by Gasteiger charge is 2.36. The van der Waals surface area contributed by atoms with E-state index in [1.165, 1.54) is 6.42 Å². The summed E-state index contributed by atoms with van der Waals surface area (Å²) in [6, 6.07) is 4.05. The molecule has 1 aromatic heterocycles. The number of thioether (sulfide) groups is 1. The Morgan fingerprint density at radius 2 is 2.28 bits per heavy atom. The molecule has 3 atom stereocenters. The molecule has 100 valence electrons. The number of furan rings is 1. The van der Waals surface area contributed by atoms with E-state index < -0.39 is 0 Å². The first-order chi connectivity index (χ1) is 8.52. The van der Waals surface area contributed by atoms with Gasteiger partial charge in [-0.2, -0.15) is 11.8 Å². The molecule has 1 aliphatic rings. The number of nitrogens with zero attached hydrogens (tertiary/aromatic N) is 1. The predicted octanol–water partition coefficient (Wildman–Crippen LogP) is 3.11. The molecule has 1 saturated carbocycles. The van der Waals surface area contributed by atoms with Crippen LogP contribution in [0.25, 0.3) is 0 Å². The van der Waals surface area contributed by atoms with Gasteiger partial charge < -0.3 is 9.32 Å². The van der Waals surface area contributed by atoms with E-state index in [2.05, 4.69) is 13.0 Å². The van der Waals surface area contributed by atoms with E-state index in [1.807, 2.05) is 26.3 Å². The Kier molecular flexibility index (Phi) is 4.05. The summed E-state index contributed by atoms with van der Waals surface area (Å²) in [6.45, 7) is 4.73. The van der Waals surface area contributed by atoms with Gasteiger partial charge in [-0.3, -0.25) is 4.79 Å². The smallest absolute Gasteiger partial charge is 0.235 e. The molecule has 0 unspecified atom stereocenters. The number of rotatable bonds is 5. The maximum Gasteiger partial charge on any atom is 0.235 e. The zero-order valence-electron chi connectivity index (χ0n) is 11.5. The van der Waals surface area contributed by atoms with Crippen LogP contribution in [0.1, 0.15) is 37.7 Å². The van der Waals surface area contributed by atoms with Crippen LogP contribution < -0.4 is 0 Å². The first-order valence-corrected chi connectivity index (χ1v) is 7.68. The Bertz CT molecular complexity index is 429. The van der Waals surface area contributed by atoms with Crippen LogP contribution in [-0.2, 0) is 11.3 Å². The van der Waals surface area contributed by atoms with E-state index in [1.54, 1.807) is 16.7 Å². The van der Waals surface area contributed by atoms with Crippen LogP contribution in [0.2, 0.25) is 0 Å². The minimum absolute atomic E-state index is 0.00730. The van der Waals surface area contributed by atoms with Crippen molar-refractivity contribution in [2.45, 2.75) is 38.0 Å². The number of amides is 1. The minimum atomic E-state index is 0.00730. The fourth-order valence-electron chi connectivity index (χ4n) is 2.12. The zero-order valence-corrected chi connectivity index (χ0v) is 12.3. The molecule has 0 spiro atoms. The lowest BCUT2D eigenvalue weighted by molar-refractivity contribution is -0.129. The maximum absolute atomic E-state index is 11.9. The highest BCUT2D eigenvalue weighted by atomic mass is 32.2. The number of carbonyl (C=O) groups is 1. The third-order valence-corrected chi connectivity index (χ3v) is 4.54. The summed E-state index contributed by atoms with van der Waals surface area (Å²) in [5.74, 6) is 3.47. The SMILES string of the molecule is CS[C@H](C)C(=O)N(C)Cc1ccc([C@H]2C[C@@H]2C)o1. The molecule has 18 heavy (non-hydrogen) atoms. The van der Waals surface area contributed by atoms with Gasteiger partial charge in [-0.05, 0) is 37.7 Å². The lowest BCUT2D eigenvalue weighted by Gasteiger charge is -2.19. The Morgan fingerprint density at radius 3 is 2.83 bits per heavy atom. The second-order valence-corrected chi connectivity index (χ2v) is 6.37. The molecule has 1 heterocycles. The monoisotopic (exact) mass is 267 g/mol. The largest absolute Gasteiger partial charge is 0.464 e. The van der Waals surface area contributed by atoms with Crippen molar-refractivity contribution < 1.29 is 9.21 Å². The zero-order chi connectivity index (χ0) is 13.3. The van der Waals surface area contributed by atoms with Crippen molar-refractivity contribution in [1.29, 1.82) is 0 Å². The van der Waals surface area contributed by atoms with Crippen LogP contribution >= 0.6 is 11.8 Å². The average Bonchev–Trinajstić information content (AvgIpc) is 2.90. The van der Waals surface area contributed by atoms with Gasteiger partial charge in [-0.25, -0.2) is 0 Å². The molecule has 1 amide bonds. The molecule has 1 aliphatic carbocycles. The lowest BCUT2D eigenvalue weighted by Crippen LogP contribution is -2.32. The Morgan fingerprint density at radius 1 is 1.61 bits per heavy atom. The third kappa shape index (κ3) is 2.91. The molecule has 3 nitrogen and oxygen atoms in total. The minimum Gasteiger partial charge on any atom is -0.464 e. The summed E-state index contributed by atoms with van der Waals surface area (Å²) in [7, 11) is 1.83. The van der Waals surface area contributed by atoms with Gasteiger partial charge >= 0.3 is 0 Å². The van der Waals surface area contributed by atoms with Crippen molar-refractivity contribution in [1.82, 2.24) is 4.90 Å². The topological polar surface area (TPSA) is 33.5 Å². The van der Waals surface area contributed by atoms with Crippen molar-refractivity contribution in [3.63, 3.8) is 0 Å². The standard InChI is InChI=1S/C14H21NO2S/c1-9-7-12(9)13-6-5-11(17-13)8-15(3)14(16)10(2)18-4/h5-6,9-10,12H,7-8H2,1-4H3/t9-,10+,12-/m0/s1. The summed E-state index contributed by atoms with van der Waals surface area (Å²) in [4.78, 5) is 13.7. The summed E-state index contributed by atoms with van der Waals surface area (Å²) in [6.07, 6.45) is 3.18. The van der Waals surface area contributed by atoms with Crippen LogP contribution in [0.5, 0.6) is 0 Å². The molecule has 4 heteroatoms. The third-order valence-electron chi connectivity index (χ3n) is 3.63. The molecular weight excluding hydrogens is 246 g/mol. The molecule has 0 radical (unpaired) electrons. The summed E-state index contributed by atoms with van der Waals surface area (Å²) in [5, 5.41) is 0.00730. The Hall–Kier alpha value is -0.900. The van der Waals surface area contributed by atoms with Gasteiger partial charge in [-0.1, -0.05) is 6.92 Å². The lowest BCUT2D eigenvalue weighted by atomic mass is 10.3. The normalized spacial score (nSPS) is 23.8. The van der Waals surface area contributed by atoms with Gasteiger partial charge in [0, 0.05) is 13.0 Å². The predicted molar refractivity (Wildman–Crippen MR) is 74.7 cm³/mol. The van der Waals surface area contributed by atoms with Gasteiger partial charge in [0.05, 0.1) is 11.8 Å². The van der Waals surface area contributed by atoms with E-state index in [4.69, 9.17) is 4.42 Å². The van der Waals surface area contributed by atoms with E-state index in [9.17, 15) is 4.79 Å². The van der Waals surface area contributed by atoms with Crippen molar-refractivity contribution in [3.05, 3.63) is 23.7 Å². The molecule has 1 fully saturated rings. The summed E-state index contributed by atoms with van der Waals surface area (Å²) in [5.41, 5.74) is 0. The van der Waals surface area contributed by atoms with Crippen LogP contribution in [-0.4, -0.2) is 29.4 Å². The quantitative estimate of drug-likeness (QED) is 0.822. The molecule has 0 saturated heterocycles. The molecule has 0 bridgehead atoms. The Labute approximate surface area is 113 Å². The molecule has 0 aromatic carbocycles. The average molecular weight is 267 g/mol. The molecular formula is C14H21NO2S. The number of carbonyl (C=O) groups excluding carboxylic acids is 1. The second kappa shape index (κ2) is 5.39. The van der Waals surface area contributed by atoms with Gasteiger partial charge in [0.15, 0.2) is 0 Å². The first kappa shape index (κ1) is 13.5. The molecule has 2 rings (SSSR count).